The highest BCUT2D eigenvalue weighted by atomic mass is 16.5. The van der Waals surface area contributed by atoms with Gasteiger partial charge in [-0.15, -0.1) is 0 Å². The molecule has 0 fully saturated rings. The van der Waals surface area contributed by atoms with E-state index in [1.54, 1.807) is 43.3 Å². The van der Waals surface area contributed by atoms with Crippen LogP contribution in [0, 0.1) is 20.8 Å². The minimum atomic E-state index is -0.598. The van der Waals surface area contributed by atoms with Gasteiger partial charge in [0, 0.05) is 17.5 Å². The molecule has 0 spiro atoms. The molecule has 0 saturated carbocycles. The summed E-state index contributed by atoms with van der Waals surface area (Å²) in [4.78, 5) is 24.2. The lowest BCUT2D eigenvalue weighted by Crippen LogP contribution is -2.18. The van der Waals surface area contributed by atoms with E-state index in [4.69, 9.17) is 10.3 Å². The third kappa shape index (κ3) is 3.03. The molecule has 0 unspecified atom stereocenters. The Morgan fingerprint density at radius 3 is 2.48 bits per heavy atom. The number of hydrogen-bond donors (Lipinski definition) is 2. The minimum absolute atomic E-state index is 0.261. The number of carbonyl (C=O) groups is 2. The fourth-order valence-electron chi connectivity index (χ4n) is 2.80. The molecule has 0 aliphatic carbocycles. The summed E-state index contributed by atoms with van der Waals surface area (Å²) >= 11 is 0. The molecule has 2 heterocycles. The van der Waals surface area contributed by atoms with Crippen molar-refractivity contribution in [3.63, 3.8) is 0 Å². The van der Waals surface area contributed by atoms with Crippen molar-refractivity contribution in [1.82, 2.24) is 9.72 Å². The van der Waals surface area contributed by atoms with Gasteiger partial charge in [-0.3, -0.25) is 14.2 Å². The van der Waals surface area contributed by atoms with Gasteiger partial charge in [-0.05, 0) is 39.0 Å². The summed E-state index contributed by atoms with van der Waals surface area (Å²) in [5.74, 6) is 0.376. The van der Waals surface area contributed by atoms with Crippen LogP contribution in [0.4, 0.5) is 5.69 Å². The van der Waals surface area contributed by atoms with Crippen molar-refractivity contribution in [3.8, 4) is 5.82 Å². The summed E-state index contributed by atoms with van der Waals surface area (Å²) in [6, 6.07) is 10.2. The molecule has 7 heteroatoms. The fraction of sp³-hybridized carbons (Fsp3) is 0.167. The first kappa shape index (κ1) is 16.5. The molecule has 0 radical (unpaired) electrons. The number of anilines is 1. The SMILES string of the molecule is Cc1cc(-n2c(C)cc(C(=O)Nc3ccccc3C(N)=O)c2C)no1. The molecule has 1 aromatic carbocycles. The van der Waals surface area contributed by atoms with Crippen molar-refractivity contribution in [3.05, 3.63) is 64.7 Å². The standard InChI is InChI=1S/C18H18N4O3/c1-10-8-14(12(3)22(10)16-9-11(2)25-21-16)18(24)20-15-7-5-4-6-13(15)17(19)23/h4-9H,1-3H3,(H2,19,23)(H,20,24). The van der Waals surface area contributed by atoms with Crippen molar-refractivity contribution in [2.45, 2.75) is 20.8 Å². The summed E-state index contributed by atoms with van der Waals surface area (Å²) in [6.45, 7) is 5.51. The zero-order valence-corrected chi connectivity index (χ0v) is 14.2. The lowest BCUT2D eigenvalue weighted by atomic mass is 10.1. The number of benzene rings is 1. The summed E-state index contributed by atoms with van der Waals surface area (Å²) in [6.07, 6.45) is 0. The van der Waals surface area contributed by atoms with Crippen molar-refractivity contribution >= 4 is 17.5 Å². The van der Waals surface area contributed by atoms with Crippen LogP contribution in [0.2, 0.25) is 0 Å². The highest BCUT2D eigenvalue weighted by Gasteiger charge is 2.19. The molecule has 7 nitrogen and oxygen atoms in total. The molecule has 0 saturated heterocycles. The molecule has 0 aliphatic rings. The summed E-state index contributed by atoms with van der Waals surface area (Å²) < 4.78 is 6.95. The number of para-hydroxylation sites is 1. The maximum atomic E-state index is 12.7. The Labute approximate surface area is 144 Å². The molecule has 128 valence electrons. The number of amides is 2. The number of aromatic nitrogens is 2. The molecule has 0 bridgehead atoms. The van der Waals surface area contributed by atoms with Gasteiger partial charge in [-0.2, -0.15) is 0 Å². The average Bonchev–Trinajstić information content (AvgIpc) is 3.10. The van der Waals surface area contributed by atoms with E-state index in [1.807, 2.05) is 18.4 Å². The number of nitrogens with one attached hydrogen (secondary N) is 1. The number of nitrogens with zero attached hydrogens (tertiary/aromatic N) is 2. The number of rotatable bonds is 4. The highest BCUT2D eigenvalue weighted by molar-refractivity contribution is 6.09. The Hall–Kier alpha value is -3.35. The molecule has 0 atom stereocenters. The largest absolute Gasteiger partial charge is 0.366 e. The second-order valence-electron chi connectivity index (χ2n) is 5.78. The summed E-state index contributed by atoms with van der Waals surface area (Å²) in [5, 5.41) is 6.75. The van der Waals surface area contributed by atoms with Crippen LogP contribution in [0.5, 0.6) is 0 Å². The van der Waals surface area contributed by atoms with Gasteiger partial charge < -0.3 is 15.6 Å². The van der Waals surface area contributed by atoms with Crippen molar-refractivity contribution in [2.24, 2.45) is 5.73 Å². The van der Waals surface area contributed by atoms with E-state index in [2.05, 4.69) is 10.5 Å². The Kier molecular flexibility index (Phi) is 4.14. The second-order valence-corrected chi connectivity index (χ2v) is 5.78. The number of carbonyl (C=O) groups excluding carboxylic acids is 2. The van der Waals surface area contributed by atoms with E-state index >= 15 is 0 Å². The molecule has 25 heavy (non-hydrogen) atoms. The van der Waals surface area contributed by atoms with E-state index in [-0.39, 0.29) is 11.5 Å². The lowest BCUT2D eigenvalue weighted by molar-refractivity contribution is 0.100. The number of hydrogen-bond acceptors (Lipinski definition) is 4. The Balaban J connectivity index is 1.96. The van der Waals surface area contributed by atoms with Crippen LogP contribution in [-0.4, -0.2) is 21.5 Å². The van der Waals surface area contributed by atoms with Gasteiger partial charge in [0.2, 0.25) is 0 Å². The average molecular weight is 338 g/mol. The molecule has 2 amide bonds. The van der Waals surface area contributed by atoms with Crippen LogP contribution < -0.4 is 11.1 Å². The van der Waals surface area contributed by atoms with Crippen LogP contribution in [0.15, 0.2) is 40.9 Å². The third-order valence-electron chi connectivity index (χ3n) is 3.96. The predicted octanol–water partition coefficient (Wildman–Crippen LogP) is 2.74. The monoisotopic (exact) mass is 338 g/mol. The first-order valence-electron chi connectivity index (χ1n) is 7.71. The lowest BCUT2D eigenvalue weighted by Gasteiger charge is -2.09. The van der Waals surface area contributed by atoms with Crippen LogP contribution in [-0.2, 0) is 0 Å². The van der Waals surface area contributed by atoms with E-state index in [1.165, 1.54) is 0 Å². The van der Waals surface area contributed by atoms with Gasteiger partial charge in [0.15, 0.2) is 5.82 Å². The van der Waals surface area contributed by atoms with Crippen molar-refractivity contribution in [1.29, 1.82) is 0 Å². The van der Waals surface area contributed by atoms with Gasteiger partial charge in [0.05, 0.1) is 16.8 Å². The molecular weight excluding hydrogens is 320 g/mol. The Bertz CT molecular complexity index is 969. The minimum Gasteiger partial charge on any atom is -0.366 e. The molecule has 3 N–H and O–H groups in total. The Morgan fingerprint density at radius 1 is 1.12 bits per heavy atom. The smallest absolute Gasteiger partial charge is 0.257 e. The molecule has 0 aliphatic heterocycles. The Morgan fingerprint density at radius 2 is 1.84 bits per heavy atom. The topological polar surface area (TPSA) is 103 Å². The van der Waals surface area contributed by atoms with Crippen LogP contribution in [0.25, 0.3) is 5.82 Å². The third-order valence-corrected chi connectivity index (χ3v) is 3.96. The quantitative estimate of drug-likeness (QED) is 0.763. The molecule has 3 rings (SSSR count). The maximum absolute atomic E-state index is 12.7. The summed E-state index contributed by atoms with van der Waals surface area (Å²) in [7, 11) is 0. The zero-order chi connectivity index (χ0) is 18.1. The van der Waals surface area contributed by atoms with Gasteiger partial charge in [-0.25, -0.2) is 0 Å². The number of nitrogens with two attached hydrogens (primary N) is 1. The van der Waals surface area contributed by atoms with Gasteiger partial charge in [0.1, 0.15) is 5.76 Å². The molecule has 3 aromatic rings. The predicted molar refractivity (Wildman–Crippen MR) is 93.0 cm³/mol. The van der Waals surface area contributed by atoms with Crippen LogP contribution in [0.1, 0.15) is 37.9 Å². The fourth-order valence-corrected chi connectivity index (χ4v) is 2.80. The van der Waals surface area contributed by atoms with Crippen LogP contribution in [0.3, 0.4) is 0 Å². The summed E-state index contributed by atoms with van der Waals surface area (Å²) in [5.41, 5.74) is 8.04. The van der Waals surface area contributed by atoms with Gasteiger partial charge >= 0.3 is 0 Å². The normalized spacial score (nSPS) is 10.7. The second kappa shape index (κ2) is 6.27. The van der Waals surface area contributed by atoms with Gasteiger partial charge in [-0.1, -0.05) is 17.3 Å². The van der Waals surface area contributed by atoms with Crippen molar-refractivity contribution in [2.75, 3.05) is 5.32 Å². The molecule has 2 aromatic heterocycles. The number of aryl methyl sites for hydroxylation is 2. The van der Waals surface area contributed by atoms with Crippen LogP contribution >= 0.6 is 0 Å². The van der Waals surface area contributed by atoms with E-state index in [9.17, 15) is 9.59 Å². The zero-order valence-electron chi connectivity index (χ0n) is 14.2. The van der Waals surface area contributed by atoms with E-state index < -0.39 is 5.91 Å². The first-order valence-corrected chi connectivity index (χ1v) is 7.71. The van der Waals surface area contributed by atoms with E-state index in [0.29, 0.717) is 22.8 Å². The van der Waals surface area contributed by atoms with Gasteiger partial charge in [0.25, 0.3) is 11.8 Å². The highest BCUT2D eigenvalue weighted by Crippen LogP contribution is 2.22. The first-order chi connectivity index (χ1) is 11.9. The molecular formula is C18H18N4O3. The maximum Gasteiger partial charge on any atom is 0.257 e. The van der Waals surface area contributed by atoms with Crippen molar-refractivity contribution < 1.29 is 14.1 Å². The number of primary amides is 1. The van der Waals surface area contributed by atoms with E-state index in [0.717, 1.165) is 11.4 Å².